The predicted molar refractivity (Wildman–Crippen MR) is 129 cm³/mol. The number of nitrogens with one attached hydrogen (secondary N) is 1. The molecule has 2 amide bonds. The number of hydrogen-bond acceptors (Lipinski definition) is 4. The fourth-order valence-electron chi connectivity index (χ4n) is 3.73. The zero-order valence-electron chi connectivity index (χ0n) is 17.5. The highest BCUT2D eigenvalue weighted by Gasteiger charge is 2.32. The highest BCUT2D eigenvalue weighted by Crippen LogP contribution is 2.37. The normalized spacial score (nSPS) is 15.2. The molecule has 32 heavy (non-hydrogen) atoms. The van der Waals surface area contributed by atoms with E-state index in [-0.39, 0.29) is 23.0 Å². The monoisotopic (exact) mass is 465 g/mol. The number of benzene rings is 2. The molecule has 3 aromatic rings. The molecule has 0 radical (unpaired) electrons. The van der Waals surface area contributed by atoms with Crippen LogP contribution in [0.5, 0.6) is 0 Å². The topological polar surface area (TPSA) is 62.3 Å². The lowest BCUT2D eigenvalue weighted by Crippen LogP contribution is -2.43. The number of halogens is 1. The Labute approximate surface area is 197 Å². The van der Waals surface area contributed by atoms with E-state index in [0.29, 0.717) is 36.8 Å². The molecule has 164 valence electrons. The first-order valence-electron chi connectivity index (χ1n) is 10.6. The van der Waals surface area contributed by atoms with Crippen LogP contribution in [0.1, 0.15) is 23.7 Å². The largest absolute Gasteiger partial charge is 0.341 e. The fourth-order valence-corrected chi connectivity index (χ4v) is 4.97. The van der Waals surface area contributed by atoms with Gasteiger partial charge in [-0.25, -0.2) is 4.98 Å². The quantitative estimate of drug-likeness (QED) is 0.492. The van der Waals surface area contributed by atoms with Gasteiger partial charge < -0.3 is 10.2 Å². The molecule has 1 atom stereocenters. The summed E-state index contributed by atoms with van der Waals surface area (Å²) in [6, 6.07) is 23.2. The average molecular weight is 466 g/mol. The van der Waals surface area contributed by atoms with E-state index in [4.69, 9.17) is 11.6 Å². The van der Waals surface area contributed by atoms with E-state index in [9.17, 15) is 9.59 Å². The zero-order chi connectivity index (χ0) is 22.3. The first-order valence-corrected chi connectivity index (χ1v) is 11.8. The van der Waals surface area contributed by atoms with Gasteiger partial charge in [-0.1, -0.05) is 60.1 Å². The van der Waals surface area contributed by atoms with E-state index in [1.54, 1.807) is 23.9 Å². The number of nitrogens with zero attached hydrogens (tertiary/aromatic N) is 2. The third-order valence-corrected chi connectivity index (χ3v) is 6.96. The smallest absolute Gasteiger partial charge is 0.240 e. The van der Waals surface area contributed by atoms with Gasteiger partial charge in [0.1, 0.15) is 11.1 Å². The molecule has 4 rings (SSSR count). The van der Waals surface area contributed by atoms with Crippen molar-refractivity contribution in [3.05, 3.63) is 89.6 Å². The maximum absolute atomic E-state index is 13.5. The molecular formula is C25H24ClN3O2S. The van der Waals surface area contributed by atoms with Crippen LogP contribution in [0.2, 0.25) is 5.02 Å². The summed E-state index contributed by atoms with van der Waals surface area (Å²) < 4.78 is 0. The van der Waals surface area contributed by atoms with E-state index >= 15 is 0 Å². The van der Waals surface area contributed by atoms with E-state index in [1.807, 2.05) is 65.6 Å². The standard InChI is InChI=1S/C25H24ClN3O2S/c26-20-11-12-22(27-17-20)28-24(30)19-13-15-29(16-14-19)25(31)23(18-7-3-1-4-8-18)32-21-9-5-2-6-10-21/h1-12,17,19,23H,13-16H2,(H,27,28,30). The third kappa shape index (κ3) is 5.69. The molecule has 1 aliphatic rings. The van der Waals surface area contributed by atoms with Crippen LogP contribution in [0.4, 0.5) is 5.82 Å². The SMILES string of the molecule is O=C(Nc1ccc(Cl)cn1)C1CCN(C(=O)C(Sc2ccccc2)c2ccccc2)CC1. The Morgan fingerprint density at radius 2 is 1.62 bits per heavy atom. The van der Waals surface area contributed by atoms with Crippen LogP contribution >= 0.6 is 23.4 Å². The molecule has 0 aliphatic carbocycles. The minimum absolute atomic E-state index is 0.0646. The van der Waals surface area contributed by atoms with Gasteiger partial charge in [0.05, 0.1) is 5.02 Å². The Morgan fingerprint density at radius 3 is 2.25 bits per heavy atom. The molecule has 1 saturated heterocycles. The van der Waals surface area contributed by atoms with E-state index in [2.05, 4.69) is 10.3 Å². The molecule has 2 aromatic carbocycles. The van der Waals surface area contributed by atoms with Crippen molar-refractivity contribution in [3.8, 4) is 0 Å². The van der Waals surface area contributed by atoms with Crippen LogP contribution in [0, 0.1) is 5.92 Å². The van der Waals surface area contributed by atoms with Gasteiger partial charge in [0, 0.05) is 30.1 Å². The summed E-state index contributed by atoms with van der Waals surface area (Å²) in [5.41, 5.74) is 0.986. The molecule has 0 spiro atoms. The molecule has 1 unspecified atom stereocenters. The van der Waals surface area contributed by atoms with Gasteiger partial charge >= 0.3 is 0 Å². The third-order valence-electron chi connectivity index (χ3n) is 5.48. The number of carbonyl (C=O) groups is 2. The Morgan fingerprint density at radius 1 is 0.969 bits per heavy atom. The Bertz CT molecular complexity index is 1040. The maximum atomic E-state index is 13.5. The molecule has 1 aromatic heterocycles. The second-order valence-corrected chi connectivity index (χ2v) is 9.29. The first kappa shape index (κ1) is 22.4. The highest BCUT2D eigenvalue weighted by atomic mass is 35.5. The number of amides is 2. The minimum atomic E-state index is -0.317. The number of likely N-dealkylation sites (tertiary alicyclic amines) is 1. The summed E-state index contributed by atoms with van der Waals surface area (Å²) >= 11 is 7.41. The lowest BCUT2D eigenvalue weighted by atomic mass is 9.95. The van der Waals surface area contributed by atoms with Crippen molar-refractivity contribution in [2.75, 3.05) is 18.4 Å². The second kappa shape index (κ2) is 10.7. The van der Waals surface area contributed by atoms with Crippen LogP contribution in [0.25, 0.3) is 0 Å². The lowest BCUT2D eigenvalue weighted by Gasteiger charge is -2.33. The number of carbonyl (C=O) groups excluding carboxylic acids is 2. The van der Waals surface area contributed by atoms with Crippen LogP contribution in [-0.4, -0.2) is 34.8 Å². The predicted octanol–water partition coefficient (Wildman–Crippen LogP) is 5.45. The number of pyridine rings is 1. The molecule has 1 aliphatic heterocycles. The average Bonchev–Trinajstić information content (AvgIpc) is 2.85. The molecular weight excluding hydrogens is 442 g/mol. The summed E-state index contributed by atoms with van der Waals surface area (Å²) in [5.74, 6) is 0.364. The van der Waals surface area contributed by atoms with Gasteiger partial charge in [0.15, 0.2) is 0 Å². The minimum Gasteiger partial charge on any atom is -0.341 e. The van der Waals surface area contributed by atoms with Crippen molar-refractivity contribution in [2.24, 2.45) is 5.92 Å². The Hall–Kier alpha value is -2.83. The van der Waals surface area contributed by atoms with Crippen molar-refractivity contribution in [1.82, 2.24) is 9.88 Å². The Balaban J connectivity index is 1.40. The zero-order valence-corrected chi connectivity index (χ0v) is 19.1. The number of hydrogen-bond donors (Lipinski definition) is 1. The van der Waals surface area contributed by atoms with Gasteiger partial charge in [0.25, 0.3) is 0 Å². The summed E-state index contributed by atoms with van der Waals surface area (Å²) in [5, 5.41) is 3.05. The number of anilines is 1. The summed E-state index contributed by atoms with van der Waals surface area (Å²) in [4.78, 5) is 33.2. The summed E-state index contributed by atoms with van der Waals surface area (Å²) in [6.07, 6.45) is 2.76. The van der Waals surface area contributed by atoms with Crippen LogP contribution < -0.4 is 5.32 Å². The Kier molecular flexibility index (Phi) is 7.45. The molecule has 1 fully saturated rings. The summed E-state index contributed by atoms with van der Waals surface area (Å²) in [7, 11) is 0. The number of aromatic nitrogens is 1. The van der Waals surface area contributed by atoms with Crippen molar-refractivity contribution in [1.29, 1.82) is 0 Å². The van der Waals surface area contributed by atoms with Crippen molar-refractivity contribution in [2.45, 2.75) is 23.0 Å². The molecule has 0 bridgehead atoms. The van der Waals surface area contributed by atoms with Gasteiger partial charge in [-0.3, -0.25) is 9.59 Å². The first-order chi connectivity index (χ1) is 15.6. The van der Waals surface area contributed by atoms with Gasteiger partial charge in [0.2, 0.25) is 11.8 Å². The van der Waals surface area contributed by atoms with E-state index in [1.165, 1.54) is 6.20 Å². The van der Waals surface area contributed by atoms with Crippen LogP contribution in [0.15, 0.2) is 83.9 Å². The second-order valence-electron chi connectivity index (χ2n) is 7.67. The van der Waals surface area contributed by atoms with E-state index < -0.39 is 0 Å². The number of rotatable bonds is 6. The van der Waals surface area contributed by atoms with E-state index in [0.717, 1.165) is 10.5 Å². The molecule has 2 heterocycles. The number of thioether (sulfide) groups is 1. The van der Waals surface area contributed by atoms with Crippen molar-refractivity contribution < 1.29 is 9.59 Å². The van der Waals surface area contributed by atoms with Gasteiger partial charge in [-0.15, -0.1) is 11.8 Å². The molecule has 5 nitrogen and oxygen atoms in total. The highest BCUT2D eigenvalue weighted by molar-refractivity contribution is 8.00. The number of piperidine rings is 1. The van der Waals surface area contributed by atoms with Crippen molar-refractivity contribution >= 4 is 41.0 Å². The van der Waals surface area contributed by atoms with Gasteiger partial charge in [-0.2, -0.15) is 0 Å². The summed E-state index contributed by atoms with van der Waals surface area (Å²) in [6.45, 7) is 1.12. The van der Waals surface area contributed by atoms with Crippen molar-refractivity contribution in [3.63, 3.8) is 0 Å². The molecule has 7 heteroatoms. The molecule has 0 saturated carbocycles. The maximum Gasteiger partial charge on any atom is 0.240 e. The molecule has 1 N–H and O–H groups in total. The fraction of sp³-hybridized carbons (Fsp3) is 0.240. The van der Waals surface area contributed by atoms with Crippen LogP contribution in [0.3, 0.4) is 0 Å². The van der Waals surface area contributed by atoms with Crippen LogP contribution in [-0.2, 0) is 9.59 Å². The van der Waals surface area contributed by atoms with Gasteiger partial charge in [-0.05, 0) is 42.7 Å². The lowest BCUT2D eigenvalue weighted by molar-refractivity contribution is -0.134.